The van der Waals surface area contributed by atoms with Crippen molar-refractivity contribution >= 4 is 8.80 Å². The second kappa shape index (κ2) is 10.2. The van der Waals surface area contributed by atoms with Gasteiger partial charge in [0.2, 0.25) is 0 Å². The summed E-state index contributed by atoms with van der Waals surface area (Å²) < 4.78 is 16.2. The Kier molecular flexibility index (Phi) is 10.3. The summed E-state index contributed by atoms with van der Waals surface area (Å²) in [6, 6.07) is 0. The molecule has 80 valence electrons. The fraction of sp³-hybridized carbons (Fsp3) is 1.00. The van der Waals surface area contributed by atoms with Crippen LogP contribution in [0.1, 0.15) is 20.8 Å². The molecule has 0 aliphatic carbocycles. The molecule has 0 atom stereocenters. The first-order valence-corrected chi connectivity index (χ1v) is 7.53. The SMILES string of the molecule is CCOC[SiH](COCC)COCC. The lowest BCUT2D eigenvalue weighted by Crippen LogP contribution is -2.33. The van der Waals surface area contributed by atoms with Crippen molar-refractivity contribution in [3.8, 4) is 0 Å². The fourth-order valence-corrected chi connectivity index (χ4v) is 2.99. The zero-order chi connectivity index (χ0) is 9.94. The van der Waals surface area contributed by atoms with Crippen LogP contribution in [-0.2, 0) is 14.2 Å². The molecule has 0 bridgehead atoms. The summed E-state index contributed by atoms with van der Waals surface area (Å²) in [5.41, 5.74) is 0. The van der Waals surface area contributed by atoms with Crippen LogP contribution in [0.4, 0.5) is 0 Å². The van der Waals surface area contributed by atoms with Gasteiger partial charge in [0.1, 0.15) is 8.80 Å². The molecule has 0 aromatic rings. The average Bonchev–Trinajstić information content (AvgIpc) is 2.17. The molecule has 0 unspecified atom stereocenters. The summed E-state index contributed by atoms with van der Waals surface area (Å²) in [7, 11) is -0.953. The zero-order valence-electron chi connectivity index (χ0n) is 9.04. The van der Waals surface area contributed by atoms with Crippen LogP contribution >= 0.6 is 0 Å². The second-order valence-electron chi connectivity index (χ2n) is 2.84. The van der Waals surface area contributed by atoms with Gasteiger partial charge in [-0.05, 0) is 20.8 Å². The molecule has 0 spiro atoms. The highest BCUT2D eigenvalue weighted by molar-refractivity contribution is 6.58. The van der Waals surface area contributed by atoms with Gasteiger partial charge in [-0.15, -0.1) is 0 Å². The van der Waals surface area contributed by atoms with E-state index < -0.39 is 8.80 Å². The van der Waals surface area contributed by atoms with Crippen molar-refractivity contribution in [1.29, 1.82) is 0 Å². The number of ether oxygens (including phenoxy) is 3. The van der Waals surface area contributed by atoms with Crippen molar-refractivity contribution in [3.05, 3.63) is 0 Å². The van der Waals surface area contributed by atoms with Crippen LogP contribution < -0.4 is 0 Å². The molecule has 0 N–H and O–H groups in total. The van der Waals surface area contributed by atoms with Crippen molar-refractivity contribution in [2.24, 2.45) is 0 Å². The van der Waals surface area contributed by atoms with Crippen LogP contribution in [0, 0.1) is 0 Å². The van der Waals surface area contributed by atoms with Gasteiger partial charge < -0.3 is 14.2 Å². The first-order chi connectivity index (χ1) is 6.35. The lowest BCUT2D eigenvalue weighted by Gasteiger charge is -2.14. The molecule has 0 aliphatic heterocycles. The van der Waals surface area contributed by atoms with Gasteiger partial charge >= 0.3 is 0 Å². The van der Waals surface area contributed by atoms with Crippen LogP contribution in [0.25, 0.3) is 0 Å². The van der Waals surface area contributed by atoms with E-state index in [9.17, 15) is 0 Å². The molecular formula is C9H22O3Si. The van der Waals surface area contributed by atoms with Gasteiger partial charge in [-0.2, -0.15) is 0 Å². The third kappa shape index (κ3) is 8.43. The minimum Gasteiger partial charge on any atom is -0.385 e. The maximum atomic E-state index is 5.39. The zero-order valence-corrected chi connectivity index (χ0v) is 10.2. The Bertz CT molecular complexity index is 81.8. The van der Waals surface area contributed by atoms with E-state index in [1.165, 1.54) is 0 Å². The minimum atomic E-state index is -0.953. The van der Waals surface area contributed by atoms with Crippen LogP contribution in [0.3, 0.4) is 0 Å². The molecule has 3 nitrogen and oxygen atoms in total. The predicted molar refractivity (Wildman–Crippen MR) is 56.6 cm³/mol. The Balaban J connectivity index is 3.47. The van der Waals surface area contributed by atoms with Gasteiger partial charge in [-0.1, -0.05) is 0 Å². The molecule has 0 aliphatic rings. The quantitative estimate of drug-likeness (QED) is 0.526. The highest BCUT2D eigenvalue weighted by Gasteiger charge is 2.11. The largest absolute Gasteiger partial charge is 0.385 e. The minimum absolute atomic E-state index is 0.793. The van der Waals surface area contributed by atoms with E-state index in [0.717, 1.165) is 38.5 Å². The Morgan fingerprint density at radius 1 is 0.692 bits per heavy atom. The molecule has 4 heteroatoms. The van der Waals surface area contributed by atoms with Crippen LogP contribution in [0.2, 0.25) is 0 Å². The molecule has 0 heterocycles. The molecule has 0 aromatic carbocycles. The lowest BCUT2D eigenvalue weighted by molar-refractivity contribution is 0.146. The molecule has 0 saturated carbocycles. The molecule has 0 amide bonds. The van der Waals surface area contributed by atoms with E-state index in [-0.39, 0.29) is 0 Å². The molecular weight excluding hydrogens is 184 g/mol. The molecule has 0 saturated heterocycles. The topological polar surface area (TPSA) is 27.7 Å². The van der Waals surface area contributed by atoms with Gasteiger partial charge in [0, 0.05) is 38.5 Å². The first kappa shape index (κ1) is 13.1. The average molecular weight is 206 g/mol. The van der Waals surface area contributed by atoms with Crippen LogP contribution in [0.5, 0.6) is 0 Å². The van der Waals surface area contributed by atoms with E-state index >= 15 is 0 Å². The summed E-state index contributed by atoms with van der Waals surface area (Å²) >= 11 is 0. The number of rotatable bonds is 9. The number of hydrogen-bond donors (Lipinski definition) is 0. The summed E-state index contributed by atoms with van der Waals surface area (Å²) in [4.78, 5) is 0. The van der Waals surface area contributed by atoms with Crippen molar-refractivity contribution in [1.82, 2.24) is 0 Å². The van der Waals surface area contributed by atoms with Gasteiger partial charge in [0.15, 0.2) is 0 Å². The highest BCUT2D eigenvalue weighted by atomic mass is 28.3. The van der Waals surface area contributed by atoms with Crippen molar-refractivity contribution in [2.75, 3.05) is 38.5 Å². The second-order valence-corrected chi connectivity index (χ2v) is 5.58. The fourth-order valence-electron chi connectivity index (χ4n) is 0.998. The Morgan fingerprint density at radius 3 is 1.23 bits per heavy atom. The van der Waals surface area contributed by atoms with E-state index in [4.69, 9.17) is 14.2 Å². The van der Waals surface area contributed by atoms with Crippen molar-refractivity contribution in [2.45, 2.75) is 20.8 Å². The molecule has 0 radical (unpaired) electrons. The standard InChI is InChI=1S/C9H22O3Si/c1-4-10-7-13(8-11-5-2)9-12-6-3/h13H,4-9H2,1-3H3. The summed E-state index contributed by atoms with van der Waals surface area (Å²) in [6.45, 7) is 8.44. The smallest absolute Gasteiger partial charge is 0.126 e. The molecule has 0 rings (SSSR count). The summed E-state index contributed by atoms with van der Waals surface area (Å²) in [6.07, 6.45) is 2.61. The first-order valence-electron chi connectivity index (χ1n) is 5.08. The molecule has 13 heavy (non-hydrogen) atoms. The normalized spacial score (nSPS) is 11.1. The summed E-state index contributed by atoms with van der Waals surface area (Å²) in [5.74, 6) is 0. The third-order valence-electron chi connectivity index (χ3n) is 1.67. The summed E-state index contributed by atoms with van der Waals surface area (Å²) in [5, 5.41) is 0. The molecule has 0 aromatic heterocycles. The van der Waals surface area contributed by atoms with E-state index in [0.29, 0.717) is 0 Å². The number of hydrogen-bond acceptors (Lipinski definition) is 3. The Hall–Kier alpha value is 0.0969. The monoisotopic (exact) mass is 206 g/mol. The maximum Gasteiger partial charge on any atom is 0.126 e. The Morgan fingerprint density at radius 2 is 1.00 bits per heavy atom. The van der Waals surface area contributed by atoms with Crippen LogP contribution in [0.15, 0.2) is 0 Å². The van der Waals surface area contributed by atoms with E-state index in [1.807, 2.05) is 20.8 Å². The third-order valence-corrected chi connectivity index (χ3v) is 3.79. The maximum absolute atomic E-state index is 5.39. The predicted octanol–water partition coefficient (Wildman–Crippen LogP) is 0.941. The van der Waals surface area contributed by atoms with E-state index in [1.54, 1.807) is 0 Å². The van der Waals surface area contributed by atoms with Gasteiger partial charge in [-0.3, -0.25) is 0 Å². The van der Waals surface area contributed by atoms with Gasteiger partial charge in [-0.25, -0.2) is 0 Å². The van der Waals surface area contributed by atoms with Gasteiger partial charge in [0.25, 0.3) is 0 Å². The highest BCUT2D eigenvalue weighted by Crippen LogP contribution is 1.90. The molecule has 0 fully saturated rings. The van der Waals surface area contributed by atoms with Crippen LogP contribution in [-0.4, -0.2) is 47.3 Å². The Labute approximate surface area is 83.0 Å². The van der Waals surface area contributed by atoms with Crippen molar-refractivity contribution < 1.29 is 14.2 Å². The van der Waals surface area contributed by atoms with Crippen molar-refractivity contribution in [3.63, 3.8) is 0 Å². The van der Waals surface area contributed by atoms with E-state index in [2.05, 4.69) is 0 Å². The lowest BCUT2D eigenvalue weighted by atomic mass is 10.9. The van der Waals surface area contributed by atoms with Gasteiger partial charge in [0.05, 0.1) is 0 Å².